The van der Waals surface area contributed by atoms with Crippen LogP contribution in [0.5, 0.6) is 5.75 Å². The Balaban J connectivity index is 1.86. The molecule has 0 radical (unpaired) electrons. The van der Waals surface area contributed by atoms with Crippen LogP contribution in [-0.4, -0.2) is 18.4 Å². The standard InChI is InChI=1S/C16H18N2O4/c1-11(2)10-22-13-7-5-12(6-8-13)15(19)17-18-16(20)14-4-3-9-21-14/h3-9,11H,10H2,1-2H3,(H,17,19)(H,18,20). The van der Waals surface area contributed by atoms with Crippen LogP contribution in [0.15, 0.2) is 47.1 Å². The molecule has 0 saturated heterocycles. The van der Waals surface area contributed by atoms with Crippen molar-refractivity contribution < 1.29 is 18.7 Å². The normalized spacial score (nSPS) is 10.3. The number of amides is 2. The number of hydrogen-bond donors (Lipinski definition) is 2. The molecule has 0 spiro atoms. The Morgan fingerprint density at radius 1 is 1.09 bits per heavy atom. The van der Waals surface area contributed by atoms with Gasteiger partial charge in [0.2, 0.25) is 0 Å². The number of hydrazine groups is 1. The maximum Gasteiger partial charge on any atom is 0.305 e. The molecule has 0 aliphatic rings. The van der Waals surface area contributed by atoms with Gasteiger partial charge in [-0.15, -0.1) is 0 Å². The van der Waals surface area contributed by atoms with Gasteiger partial charge in [0.1, 0.15) is 5.75 Å². The third kappa shape index (κ3) is 4.37. The number of rotatable bonds is 5. The van der Waals surface area contributed by atoms with Crippen molar-refractivity contribution >= 4 is 11.8 Å². The summed E-state index contributed by atoms with van der Waals surface area (Å²) in [6, 6.07) is 9.78. The number of furan rings is 1. The van der Waals surface area contributed by atoms with Crippen LogP contribution in [0.4, 0.5) is 0 Å². The van der Waals surface area contributed by atoms with Gasteiger partial charge in [-0.3, -0.25) is 20.4 Å². The van der Waals surface area contributed by atoms with Gasteiger partial charge in [-0.2, -0.15) is 0 Å². The molecule has 0 saturated carbocycles. The van der Waals surface area contributed by atoms with Gasteiger partial charge in [-0.25, -0.2) is 0 Å². The van der Waals surface area contributed by atoms with Gasteiger partial charge in [0, 0.05) is 5.56 Å². The van der Waals surface area contributed by atoms with Gasteiger partial charge >= 0.3 is 5.91 Å². The van der Waals surface area contributed by atoms with E-state index in [4.69, 9.17) is 9.15 Å². The molecule has 2 rings (SSSR count). The quantitative estimate of drug-likeness (QED) is 0.831. The molecule has 1 heterocycles. The second-order valence-corrected chi connectivity index (χ2v) is 5.11. The third-order valence-electron chi connectivity index (χ3n) is 2.73. The lowest BCUT2D eigenvalue weighted by molar-refractivity contribution is 0.0831. The molecular formula is C16H18N2O4. The summed E-state index contributed by atoms with van der Waals surface area (Å²) in [5.74, 6) is 0.313. The molecular weight excluding hydrogens is 284 g/mol. The Hall–Kier alpha value is -2.76. The summed E-state index contributed by atoms with van der Waals surface area (Å²) in [7, 11) is 0. The first-order valence-corrected chi connectivity index (χ1v) is 6.93. The Morgan fingerprint density at radius 2 is 1.77 bits per heavy atom. The minimum absolute atomic E-state index is 0.123. The van der Waals surface area contributed by atoms with Crippen LogP contribution in [-0.2, 0) is 0 Å². The Kier molecular flexibility index (Phi) is 5.19. The van der Waals surface area contributed by atoms with Crippen molar-refractivity contribution in [3.05, 3.63) is 54.0 Å². The van der Waals surface area contributed by atoms with Gasteiger partial charge in [-0.1, -0.05) is 13.8 Å². The Morgan fingerprint density at radius 3 is 2.36 bits per heavy atom. The van der Waals surface area contributed by atoms with Crippen LogP contribution < -0.4 is 15.6 Å². The summed E-state index contributed by atoms with van der Waals surface area (Å²) < 4.78 is 10.5. The SMILES string of the molecule is CC(C)COc1ccc(C(=O)NNC(=O)c2ccco2)cc1. The van der Waals surface area contributed by atoms with E-state index in [2.05, 4.69) is 24.7 Å². The number of hydrogen-bond acceptors (Lipinski definition) is 4. The molecule has 116 valence electrons. The lowest BCUT2D eigenvalue weighted by atomic mass is 10.2. The van der Waals surface area contributed by atoms with Crippen LogP contribution in [0.1, 0.15) is 34.8 Å². The highest BCUT2D eigenvalue weighted by Crippen LogP contribution is 2.13. The van der Waals surface area contributed by atoms with Crippen molar-refractivity contribution in [1.82, 2.24) is 10.9 Å². The molecule has 0 unspecified atom stereocenters. The van der Waals surface area contributed by atoms with Crippen LogP contribution in [0, 0.1) is 5.92 Å². The number of nitrogens with one attached hydrogen (secondary N) is 2. The first kappa shape index (κ1) is 15.6. The van der Waals surface area contributed by atoms with E-state index >= 15 is 0 Å². The Bertz CT molecular complexity index is 618. The molecule has 1 aromatic carbocycles. The third-order valence-corrected chi connectivity index (χ3v) is 2.73. The zero-order chi connectivity index (χ0) is 15.9. The molecule has 2 aromatic rings. The van der Waals surface area contributed by atoms with E-state index in [1.807, 2.05) is 0 Å². The van der Waals surface area contributed by atoms with Crippen molar-refractivity contribution in [2.24, 2.45) is 5.92 Å². The lowest BCUT2D eigenvalue weighted by Gasteiger charge is -2.09. The fourth-order valence-corrected chi connectivity index (χ4v) is 1.62. The fraction of sp³-hybridized carbons (Fsp3) is 0.250. The van der Waals surface area contributed by atoms with Crippen LogP contribution in [0.25, 0.3) is 0 Å². The largest absolute Gasteiger partial charge is 0.493 e. The number of ether oxygens (including phenoxy) is 1. The van der Waals surface area contributed by atoms with Gasteiger partial charge in [0.15, 0.2) is 5.76 Å². The highest BCUT2D eigenvalue weighted by atomic mass is 16.5. The average Bonchev–Trinajstić information content (AvgIpc) is 3.05. The molecule has 0 aliphatic heterocycles. The second kappa shape index (κ2) is 7.31. The monoisotopic (exact) mass is 302 g/mol. The first-order chi connectivity index (χ1) is 10.6. The molecule has 22 heavy (non-hydrogen) atoms. The number of carbonyl (C=O) groups is 2. The summed E-state index contributed by atoms with van der Waals surface area (Å²) in [6.45, 7) is 4.73. The van der Waals surface area contributed by atoms with E-state index in [1.165, 1.54) is 12.3 Å². The summed E-state index contributed by atoms with van der Waals surface area (Å²) in [4.78, 5) is 23.5. The maximum atomic E-state index is 11.9. The van der Waals surface area contributed by atoms with Crippen molar-refractivity contribution in [3.8, 4) is 5.75 Å². The second-order valence-electron chi connectivity index (χ2n) is 5.11. The predicted octanol–water partition coefficient (Wildman–Crippen LogP) is 2.39. The molecule has 6 heteroatoms. The van der Waals surface area contributed by atoms with Crippen molar-refractivity contribution in [2.45, 2.75) is 13.8 Å². The van der Waals surface area contributed by atoms with Crippen LogP contribution in [0.3, 0.4) is 0 Å². The summed E-state index contributed by atoms with van der Waals surface area (Å²) in [6.07, 6.45) is 1.38. The van der Waals surface area contributed by atoms with Crippen LogP contribution in [0.2, 0.25) is 0 Å². The highest BCUT2D eigenvalue weighted by molar-refractivity contribution is 5.97. The molecule has 2 amide bonds. The smallest absolute Gasteiger partial charge is 0.305 e. The van der Waals surface area contributed by atoms with E-state index in [0.717, 1.165) is 0 Å². The predicted molar refractivity (Wildman–Crippen MR) is 80.4 cm³/mol. The molecule has 0 aliphatic carbocycles. The summed E-state index contributed by atoms with van der Waals surface area (Å²) >= 11 is 0. The van der Waals surface area contributed by atoms with Crippen LogP contribution >= 0.6 is 0 Å². The zero-order valence-electron chi connectivity index (χ0n) is 12.5. The van der Waals surface area contributed by atoms with E-state index < -0.39 is 11.8 Å². The molecule has 0 atom stereocenters. The lowest BCUT2D eigenvalue weighted by Crippen LogP contribution is -2.41. The minimum atomic E-state index is -0.518. The van der Waals surface area contributed by atoms with E-state index in [0.29, 0.717) is 23.8 Å². The molecule has 0 bridgehead atoms. The van der Waals surface area contributed by atoms with E-state index in [-0.39, 0.29) is 5.76 Å². The molecule has 6 nitrogen and oxygen atoms in total. The molecule has 1 aromatic heterocycles. The summed E-state index contributed by atoms with van der Waals surface area (Å²) in [5.41, 5.74) is 5.01. The minimum Gasteiger partial charge on any atom is -0.493 e. The van der Waals surface area contributed by atoms with Crippen molar-refractivity contribution in [2.75, 3.05) is 6.61 Å². The maximum absolute atomic E-state index is 11.9. The van der Waals surface area contributed by atoms with Gasteiger partial charge in [0.25, 0.3) is 5.91 Å². The molecule has 2 N–H and O–H groups in total. The topological polar surface area (TPSA) is 80.6 Å². The van der Waals surface area contributed by atoms with Gasteiger partial charge in [-0.05, 0) is 42.3 Å². The zero-order valence-corrected chi connectivity index (χ0v) is 12.5. The van der Waals surface area contributed by atoms with Crippen molar-refractivity contribution in [1.29, 1.82) is 0 Å². The van der Waals surface area contributed by atoms with Gasteiger partial charge in [0.05, 0.1) is 12.9 Å². The number of carbonyl (C=O) groups excluding carboxylic acids is 2. The fourth-order valence-electron chi connectivity index (χ4n) is 1.62. The van der Waals surface area contributed by atoms with E-state index in [9.17, 15) is 9.59 Å². The summed E-state index contributed by atoms with van der Waals surface area (Å²) in [5, 5.41) is 0. The van der Waals surface area contributed by atoms with Crippen molar-refractivity contribution in [3.63, 3.8) is 0 Å². The van der Waals surface area contributed by atoms with E-state index in [1.54, 1.807) is 30.3 Å². The molecule has 0 fully saturated rings. The van der Waals surface area contributed by atoms with Gasteiger partial charge < -0.3 is 9.15 Å². The highest BCUT2D eigenvalue weighted by Gasteiger charge is 2.11. The average molecular weight is 302 g/mol. The Labute approximate surface area is 128 Å². The number of benzene rings is 1. The first-order valence-electron chi connectivity index (χ1n) is 6.93.